The van der Waals surface area contributed by atoms with E-state index >= 15 is 0 Å². The minimum absolute atomic E-state index is 0.0421. The van der Waals surface area contributed by atoms with Crippen molar-refractivity contribution in [3.63, 3.8) is 0 Å². The molecule has 1 saturated heterocycles. The van der Waals surface area contributed by atoms with Crippen molar-refractivity contribution >= 4 is 43.2 Å². The van der Waals surface area contributed by atoms with Crippen LogP contribution in [0.3, 0.4) is 0 Å². The van der Waals surface area contributed by atoms with Crippen LogP contribution in [0, 0.1) is 0 Å². The summed E-state index contributed by atoms with van der Waals surface area (Å²) in [6.07, 6.45) is 1.93. The highest BCUT2D eigenvalue weighted by atomic mass is 79.9. The zero-order chi connectivity index (χ0) is 13.2. The fourth-order valence-electron chi connectivity index (χ4n) is 1.96. The molecule has 2 N–H and O–H groups in total. The molecule has 1 aliphatic rings. The van der Waals surface area contributed by atoms with Gasteiger partial charge in [-0.2, -0.15) is 0 Å². The third kappa shape index (κ3) is 3.60. The second-order valence-electron chi connectivity index (χ2n) is 4.28. The maximum absolute atomic E-state index is 12.0. The summed E-state index contributed by atoms with van der Waals surface area (Å²) in [5.74, 6) is 0.0892. The summed E-state index contributed by atoms with van der Waals surface area (Å²) in [5, 5.41) is 3.65. The largest absolute Gasteiger partial charge is 0.313 e. The van der Waals surface area contributed by atoms with Crippen LogP contribution < -0.4 is 10.0 Å². The molecule has 1 aromatic rings. The molecule has 1 fully saturated rings. The van der Waals surface area contributed by atoms with E-state index in [1.807, 2.05) is 0 Å². The number of rotatable bonds is 4. The molecule has 2 rings (SSSR count). The molecule has 1 atom stereocenters. The van der Waals surface area contributed by atoms with Gasteiger partial charge in [-0.15, -0.1) is 0 Å². The van der Waals surface area contributed by atoms with Crippen LogP contribution in [0.5, 0.6) is 0 Å². The van der Waals surface area contributed by atoms with Crippen molar-refractivity contribution in [1.29, 1.82) is 0 Å². The molecule has 0 aliphatic carbocycles. The Morgan fingerprint density at radius 1 is 1.50 bits per heavy atom. The molecule has 1 heterocycles. The molecule has 1 aliphatic heterocycles. The SMILES string of the molecule is O=S(=O)(CC1CCCN1)Nc1cccc(Cl)c1Br. The summed E-state index contributed by atoms with van der Waals surface area (Å²) in [4.78, 5) is 0. The smallest absolute Gasteiger partial charge is 0.234 e. The van der Waals surface area contributed by atoms with Gasteiger partial charge in [-0.05, 0) is 47.4 Å². The van der Waals surface area contributed by atoms with E-state index in [2.05, 4.69) is 26.0 Å². The lowest BCUT2D eigenvalue weighted by molar-refractivity contribution is 0.582. The Bertz CT molecular complexity index is 530. The Hall–Kier alpha value is -0.300. The highest BCUT2D eigenvalue weighted by Crippen LogP contribution is 2.30. The summed E-state index contributed by atoms with van der Waals surface area (Å²) in [6, 6.07) is 5.12. The summed E-state index contributed by atoms with van der Waals surface area (Å²) in [7, 11) is -3.36. The van der Waals surface area contributed by atoms with Crippen LogP contribution in [0.4, 0.5) is 5.69 Å². The molecule has 1 aromatic carbocycles. The third-order valence-electron chi connectivity index (χ3n) is 2.80. The van der Waals surface area contributed by atoms with E-state index in [0.29, 0.717) is 15.2 Å². The molecule has 0 bridgehead atoms. The number of nitrogens with one attached hydrogen (secondary N) is 2. The Morgan fingerprint density at radius 2 is 2.28 bits per heavy atom. The summed E-state index contributed by atoms with van der Waals surface area (Å²) >= 11 is 9.19. The Labute approximate surface area is 120 Å². The molecular formula is C11H14BrClN2O2S. The maximum Gasteiger partial charge on any atom is 0.234 e. The first-order valence-electron chi connectivity index (χ1n) is 5.66. The predicted octanol–water partition coefficient (Wildman–Crippen LogP) is 2.60. The molecule has 1 unspecified atom stereocenters. The van der Waals surface area contributed by atoms with Gasteiger partial charge < -0.3 is 5.32 Å². The molecule has 0 radical (unpaired) electrons. The van der Waals surface area contributed by atoms with Gasteiger partial charge in [0.05, 0.1) is 20.9 Å². The van der Waals surface area contributed by atoms with Crippen LogP contribution in [0.1, 0.15) is 12.8 Å². The van der Waals surface area contributed by atoms with E-state index in [0.717, 1.165) is 19.4 Å². The molecule has 0 spiro atoms. The second kappa shape index (κ2) is 5.77. The lowest BCUT2D eigenvalue weighted by Gasteiger charge is -2.14. The monoisotopic (exact) mass is 352 g/mol. The summed E-state index contributed by atoms with van der Waals surface area (Å²) < 4.78 is 27.1. The highest BCUT2D eigenvalue weighted by molar-refractivity contribution is 9.10. The van der Waals surface area contributed by atoms with Crippen molar-refractivity contribution in [2.75, 3.05) is 17.0 Å². The van der Waals surface area contributed by atoms with Crippen LogP contribution in [-0.4, -0.2) is 26.8 Å². The Morgan fingerprint density at radius 3 is 2.94 bits per heavy atom. The van der Waals surface area contributed by atoms with Crippen LogP contribution >= 0.6 is 27.5 Å². The van der Waals surface area contributed by atoms with Crippen molar-refractivity contribution in [3.05, 3.63) is 27.7 Å². The van der Waals surface area contributed by atoms with Gasteiger partial charge in [-0.25, -0.2) is 8.42 Å². The first-order valence-corrected chi connectivity index (χ1v) is 8.48. The minimum atomic E-state index is -3.36. The topological polar surface area (TPSA) is 58.2 Å². The number of hydrogen-bond acceptors (Lipinski definition) is 3. The van der Waals surface area contributed by atoms with Gasteiger partial charge in [-0.3, -0.25) is 4.72 Å². The number of sulfonamides is 1. The van der Waals surface area contributed by atoms with Gasteiger partial charge in [0.1, 0.15) is 0 Å². The van der Waals surface area contributed by atoms with Gasteiger partial charge in [0, 0.05) is 6.04 Å². The van der Waals surface area contributed by atoms with Crippen LogP contribution in [0.2, 0.25) is 5.02 Å². The molecule has 0 amide bonds. The van der Waals surface area contributed by atoms with Gasteiger partial charge in [0.25, 0.3) is 0 Å². The van der Waals surface area contributed by atoms with Gasteiger partial charge >= 0.3 is 0 Å². The van der Waals surface area contributed by atoms with Crippen molar-refractivity contribution in [3.8, 4) is 0 Å². The predicted molar refractivity (Wildman–Crippen MR) is 77.6 cm³/mol. The van der Waals surface area contributed by atoms with E-state index in [1.54, 1.807) is 18.2 Å². The quantitative estimate of drug-likeness (QED) is 0.875. The molecule has 4 nitrogen and oxygen atoms in total. The first-order chi connectivity index (χ1) is 8.48. The number of benzene rings is 1. The molecule has 7 heteroatoms. The average Bonchev–Trinajstić information content (AvgIpc) is 2.76. The molecule has 0 aromatic heterocycles. The Balaban J connectivity index is 2.09. The molecular weight excluding hydrogens is 340 g/mol. The number of hydrogen-bond donors (Lipinski definition) is 2. The lowest BCUT2D eigenvalue weighted by atomic mass is 10.3. The van der Waals surface area contributed by atoms with E-state index in [1.165, 1.54) is 0 Å². The van der Waals surface area contributed by atoms with E-state index in [-0.39, 0.29) is 11.8 Å². The maximum atomic E-state index is 12.0. The number of anilines is 1. The fourth-order valence-corrected chi connectivity index (χ4v) is 4.03. The lowest BCUT2D eigenvalue weighted by Crippen LogP contribution is -2.32. The zero-order valence-corrected chi connectivity index (χ0v) is 12.8. The third-order valence-corrected chi connectivity index (χ3v) is 5.57. The van der Waals surface area contributed by atoms with Gasteiger partial charge in [-0.1, -0.05) is 17.7 Å². The van der Waals surface area contributed by atoms with Gasteiger partial charge in [0.15, 0.2) is 0 Å². The average molecular weight is 354 g/mol. The first kappa shape index (κ1) is 14.1. The summed E-state index contributed by atoms with van der Waals surface area (Å²) in [5.41, 5.74) is 0.473. The van der Waals surface area contributed by atoms with E-state index in [9.17, 15) is 8.42 Å². The minimum Gasteiger partial charge on any atom is -0.313 e. The van der Waals surface area contributed by atoms with Gasteiger partial charge in [0.2, 0.25) is 10.0 Å². The standard InChI is InChI=1S/C11H14BrClN2O2S/c12-11-9(13)4-1-5-10(11)15-18(16,17)7-8-3-2-6-14-8/h1,4-5,8,14-15H,2-3,6-7H2. The second-order valence-corrected chi connectivity index (χ2v) is 7.25. The van der Waals surface area contributed by atoms with E-state index < -0.39 is 10.0 Å². The van der Waals surface area contributed by atoms with Crippen LogP contribution in [0.15, 0.2) is 22.7 Å². The fraction of sp³-hybridized carbons (Fsp3) is 0.455. The Kier molecular flexibility index (Phi) is 4.53. The van der Waals surface area contributed by atoms with Crippen molar-refractivity contribution < 1.29 is 8.42 Å². The van der Waals surface area contributed by atoms with Crippen LogP contribution in [0.25, 0.3) is 0 Å². The highest BCUT2D eigenvalue weighted by Gasteiger charge is 2.22. The van der Waals surface area contributed by atoms with Crippen molar-refractivity contribution in [1.82, 2.24) is 5.32 Å². The summed E-state index contributed by atoms with van der Waals surface area (Å²) in [6.45, 7) is 0.890. The molecule has 0 saturated carbocycles. The zero-order valence-electron chi connectivity index (χ0n) is 9.62. The molecule has 100 valence electrons. The van der Waals surface area contributed by atoms with Crippen molar-refractivity contribution in [2.45, 2.75) is 18.9 Å². The normalized spacial score (nSPS) is 20.0. The van der Waals surface area contributed by atoms with Crippen LogP contribution in [-0.2, 0) is 10.0 Å². The molecule has 18 heavy (non-hydrogen) atoms. The van der Waals surface area contributed by atoms with E-state index in [4.69, 9.17) is 11.6 Å². The van der Waals surface area contributed by atoms with Crippen molar-refractivity contribution in [2.24, 2.45) is 0 Å². The number of halogens is 2.